The molecule has 0 spiro atoms. The SMILES string of the molecule is Cc1ccc(-c2ccc3cc(-c4c(C5CCCCC5)c5sc(C(=O)O)cc5n4CC(=O)N4C(C)COCC4C)ccc3n2)cc1C. The topological polar surface area (TPSA) is 84.7 Å². The maximum absolute atomic E-state index is 14.1. The number of aromatic carboxylic acids is 1. The number of pyridine rings is 1. The maximum Gasteiger partial charge on any atom is 0.345 e. The van der Waals surface area contributed by atoms with Crippen molar-refractivity contribution in [3.8, 4) is 22.5 Å². The number of aryl methyl sites for hydroxylation is 2. The molecule has 7 nitrogen and oxygen atoms in total. The van der Waals surface area contributed by atoms with Gasteiger partial charge in [-0.3, -0.25) is 4.79 Å². The molecule has 1 aliphatic heterocycles. The fraction of sp³-hybridized carbons (Fsp3) is 0.395. The van der Waals surface area contributed by atoms with Gasteiger partial charge in [0.05, 0.1) is 52.4 Å². The zero-order valence-corrected chi connectivity index (χ0v) is 27.8. The van der Waals surface area contributed by atoms with E-state index in [1.165, 1.54) is 34.4 Å². The molecule has 2 atom stereocenters. The van der Waals surface area contributed by atoms with E-state index < -0.39 is 5.97 Å². The molecular formula is C38H41N3O4S. The molecule has 238 valence electrons. The number of hydrogen-bond acceptors (Lipinski definition) is 5. The number of carboxylic acid groups (broad SMARTS) is 1. The van der Waals surface area contributed by atoms with Gasteiger partial charge in [-0.1, -0.05) is 43.5 Å². The number of rotatable bonds is 6. The average Bonchev–Trinajstić information content (AvgIpc) is 3.60. The second kappa shape index (κ2) is 12.3. The molecule has 8 heteroatoms. The van der Waals surface area contributed by atoms with Crippen molar-refractivity contribution in [1.82, 2.24) is 14.5 Å². The third-order valence-corrected chi connectivity index (χ3v) is 11.2. The fourth-order valence-corrected chi connectivity index (χ4v) is 8.67. The van der Waals surface area contributed by atoms with Crippen molar-refractivity contribution in [3.05, 3.63) is 76.2 Å². The lowest BCUT2D eigenvalue weighted by Crippen LogP contribution is -2.53. The normalized spacial score (nSPS) is 19.3. The van der Waals surface area contributed by atoms with Crippen LogP contribution in [0, 0.1) is 13.8 Å². The van der Waals surface area contributed by atoms with Crippen molar-refractivity contribution in [1.29, 1.82) is 0 Å². The Labute approximate surface area is 273 Å². The van der Waals surface area contributed by atoms with E-state index in [2.05, 4.69) is 66.9 Å². The lowest BCUT2D eigenvalue weighted by Gasteiger charge is -2.39. The predicted octanol–water partition coefficient (Wildman–Crippen LogP) is 8.58. The minimum absolute atomic E-state index is 0.0280. The highest BCUT2D eigenvalue weighted by atomic mass is 32.1. The summed E-state index contributed by atoms with van der Waals surface area (Å²) < 4.78 is 8.83. The summed E-state index contributed by atoms with van der Waals surface area (Å²) in [6.45, 7) is 9.48. The van der Waals surface area contributed by atoms with Crippen LogP contribution in [0.15, 0.2) is 54.6 Å². The standard InChI is InChI=1S/C38H41N3O4S/c1-22-10-11-27(16-23(22)2)30-14-12-28-17-29(13-15-31(28)39-30)36-35(26-8-6-5-7-9-26)37-32(18-33(46-37)38(43)44)40(36)19-34(42)41-24(3)20-45-21-25(41)4/h10-18,24-26H,5-9,19-21H2,1-4H3,(H,43,44). The molecule has 2 aromatic carbocycles. The second-order valence-electron chi connectivity index (χ2n) is 13.3. The first kappa shape index (κ1) is 30.6. The van der Waals surface area contributed by atoms with Gasteiger partial charge in [0.15, 0.2) is 0 Å². The van der Waals surface area contributed by atoms with Crippen molar-refractivity contribution in [2.24, 2.45) is 0 Å². The van der Waals surface area contributed by atoms with Gasteiger partial charge in [0.25, 0.3) is 0 Å². The molecule has 4 heterocycles. The van der Waals surface area contributed by atoms with E-state index in [1.807, 2.05) is 18.7 Å². The third kappa shape index (κ3) is 5.52. The number of morpholine rings is 1. The van der Waals surface area contributed by atoms with E-state index in [0.29, 0.717) is 24.0 Å². The summed E-state index contributed by atoms with van der Waals surface area (Å²) in [6, 6.07) is 18.8. The Kier molecular flexibility index (Phi) is 8.19. The Bertz CT molecular complexity index is 1960. The molecule has 1 saturated carbocycles. The number of nitrogens with zero attached hydrogens (tertiary/aromatic N) is 3. The number of ether oxygens (including phenoxy) is 1. The van der Waals surface area contributed by atoms with Crippen LogP contribution < -0.4 is 0 Å². The number of carbonyl (C=O) groups is 2. The monoisotopic (exact) mass is 635 g/mol. The first-order valence-electron chi connectivity index (χ1n) is 16.5. The number of hydrogen-bond donors (Lipinski definition) is 1. The molecule has 0 radical (unpaired) electrons. The fourth-order valence-electron chi connectivity index (χ4n) is 7.55. The minimum atomic E-state index is -0.929. The highest BCUT2D eigenvalue weighted by Gasteiger charge is 2.33. The molecule has 7 rings (SSSR count). The van der Waals surface area contributed by atoms with Crippen LogP contribution >= 0.6 is 11.3 Å². The van der Waals surface area contributed by atoms with Crippen LogP contribution in [-0.2, 0) is 16.1 Å². The Balaban J connectivity index is 1.38. The Morgan fingerprint density at radius 2 is 1.65 bits per heavy atom. The predicted molar refractivity (Wildman–Crippen MR) is 185 cm³/mol. The molecule has 0 bridgehead atoms. The molecule has 3 aromatic heterocycles. The summed E-state index contributed by atoms with van der Waals surface area (Å²) in [5.41, 5.74) is 9.56. The smallest absolute Gasteiger partial charge is 0.345 e. The Morgan fingerprint density at radius 1 is 0.913 bits per heavy atom. The molecule has 1 saturated heterocycles. The van der Waals surface area contributed by atoms with Crippen LogP contribution in [0.3, 0.4) is 0 Å². The maximum atomic E-state index is 14.1. The molecule has 1 N–H and O–H groups in total. The zero-order chi connectivity index (χ0) is 32.1. The number of carboxylic acids is 1. The summed E-state index contributed by atoms with van der Waals surface area (Å²) in [6.07, 6.45) is 5.65. The lowest BCUT2D eigenvalue weighted by molar-refractivity contribution is -0.144. The Morgan fingerprint density at radius 3 is 2.37 bits per heavy atom. The van der Waals surface area contributed by atoms with Gasteiger partial charge in [-0.05, 0) is 99.0 Å². The zero-order valence-electron chi connectivity index (χ0n) is 27.0. The van der Waals surface area contributed by atoms with Crippen molar-refractivity contribution in [2.75, 3.05) is 13.2 Å². The average molecular weight is 636 g/mol. The highest BCUT2D eigenvalue weighted by Crippen LogP contribution is 2.47. The van der Waals surface area contributed by atoms with Crippen LogP contribution in [-0.4, -0.2) is 56.7 Å². The van der Waals surface area contributed by atoms with Crippen LogP contribution in [0.1, 0.15) is 78.2 Å². The number of thiophene rings is 1. The molecule has 1 aliphatic carbocycles. The number of aromatic nitrogens is 2. The number of amides is 1. The minimum Gasteiger partial charge on any atom is -0.477 e. The van der Waals surface area contributed by atoms with Crippen molar-refractivity contribution >= 4 is 44.3 Å². The van der Waals surface area contributed by atoms with Crippen molar-refractivity contribution < 1.29 is 19.4 Å². The Hall–Kier alpha value is -4.01. The van der Waals surface area contributed by atoms with Crippen LogP contribution in [0.5, 0.6) is 0 Å². The number of carbonyl (C=O) groups excluding carboxylic acids is 1. The van der Waals surface area contributed by atoms with Crippen LogP contribution in [0.2, 0.25) is 0 Å². The molecule has 1 amide bonds. The molecular weight excluding hydrogens is 595 g/mol. The van der Waals surface area contributed by atoms with Gasteiger partial charge in [-0.25, -0.2) is 9.78 Å². The van der Waals surface area contributed by atoms with Gasteiger partial charge in [0.2, 0.25) is 5.91 Å². The summed E-state index contributed by atoms with van der Waals surface area (Å²) in [4.78, 5) is 33.6. The van der Waals surface area contributed by atoms with E-state index in [0.717, 1.165) is 69.3 Å². The molecule has 2 aliphatic rings. The van der Waals surface area contributed by atoms with Gasteiger partial charge in [0, 0.05) is 10.9 Å². The van der Waals surface area contributed by atoms with Gasteiger partial charge in [0.1, 0.15) is 11.4 Å². The lowest BCUT2D eigenvalue weighted by atomic mass is 9.83. The van der Waals surface area contributed by atoms with E-state index in [9.17, 15) is 14.7 Å². The number of fused-ring (bicyclic) bond motifs is 2. The summed E-state index contributed by atoms with van der Waals surface area (Å²) >= 11 is 1.35. The quantitative estimate of drug-likeness (QED) is 0.202. The molecule has 5 aromatic rings. The van der Waals surface area contributed by atoms with Crippen molar-refractivity contribution in [3.63, 3.8) is 0 Å². The van der Waals surface area contributed by atoms with E-state index in [4.69, 9.17) is 9.72 Å². The van der Waals surface area contributed by atoms with Gasteiger partial charge >= 0.3 is 5.97 Å². The summed E-state index contributed by atoms with van der Waals surface area (Å²) in [5.74, 6) is -0.590. The summed E-state index contributed by atoms with van der Waals surface area (Å²) in [7, 11) is 0. The summed E-state index contributed by atoms with van der Waals surface area (Å²) in [5, 5.41) is 11.0. The number of benzene rings is 2. The van der Waals surface area contributed by atoms with Gasteiger partial charge < -0.3 is 19.3 Å². The van der Waals surface area contributed by atoms with E-state index in [1.54, 1.807) is 6.07 Å². The van der Waals surface area contributed by atoms with E-state index in [-0.39, 0.29) is 24.5 Å². The van der Waals surface area contributed by atoms with E-state index >= 15 is 0 Å². The van der Waals surface area contributed by atoms with Gasteiger partial charge in [-0.2, -0.15) is 0 Å². The first-order valence-corrected chi connectivity index (χ1v) is 17.3. The van der Waals surface area contributed by atoms with Gasteiger partial charge in [-0.15, -0.1) is 11.3 Å². The molecule has 46 heavy (non-hydrogen) atoms. The van der Waals surface area contributed by atoms with Crippen molar-refractivity contribution in [2.45, 2.75) is 84.3 Å². The third-order valence-electron chi connectivity index (χ3n) is 10.0. The first-order chi connectivity index (χ1) is 22.2. The second-order valence-corrected chi connectivity index (χ2v) is 14.3. The van der Waals surface area contributed by atoms with Crippen LogP contribution in [0.25, 0.3) is 43.6 Å². The largest absolute Gasteiger partial charge is 0.477 e. The highest BCUT2D eigenvalue weighted by molar-refractivity contribution is 7.21. The molecule has 2 fully saturated rings. The molecule has 2 unspecified atom stereocenters. The van der Waals surface area contributed by atoms with Crippen LogP contribution in [0.4, 0.5) is 0 Å².